The average Bonchev–Trinajstić information content (AvgIpc) is 2.71. The number of amides is 1. The largest absolute Gasteiger partial charge is 0.366 e. The van der Waals surface area contributed by atoms with Crippen LogP contribution in [0.1, 0.15) is 21.6 Å². The van der Waals surface area contributed by atoms with E-state index in [4.69, 9.17) is 5.73 Å². The molecule has 0 fully saturated rings. The molecule has 0 aliphatic heterocycles. The lowest BCUT2D eigenvalue weighted by atomic mass is 10.1. The van der Waals surface area contributed by atoms with E-state index in [2.05, 4.69) is 9.71 Å². The highest BCUT2D eigenvalue weighted by atomic mass is 32.2. The lowest BCUT2D eigenvalue weighted by Crippen LogP contribution is -2.15. The van der Waals surface area contributed by atoms with E-state index in [0.29, 0.717) is 22.6 Å². The second-order valence-electron chi connectivity index (χ2n) is 4.43. The van der Waals surface area contributed by atoms with Crippen molar-refractivity contribution in [3.8, 4) is 0 Å². The first-order valence-electron chi connectivity index (χ1n) is 5.83. The van der Waals surface area contributed by atoms with Crippen molar-refractivity contribution in [3.05, 3.63) is 44.7 Å². The van der Waals surface area contributed by atoms with Gasteiger partial charge in [-0.15, -0.1) is 0 Å². The van der Waals surface area contributed by atoms with Gasteiger partial charge in [-0.1, -0.05) is 11.3 Å². The fourth-order valence-electron chi connectivity index (χ4n) is 1.77. The van der Waals surface area contributed by atoms with E-state index in [0.717, 1.165) is 0 Å². The van der Waals surface area contributed by atoms with Crippen molar-refractivity contribution < 1.29 is 13.2 Å². The number of sulfonamides is 1. The Labute approximate surface area is 124 Å². The Hall–Kier alpha value is -2.13. The molecule has 1 heterocycles. The molecule has 2 rings (SSSR count). The van der Waals surface area contributed by atoms with Crippen LogP contribution in [0.2, 0.25) is 0 Å². The van der Waals surface area contributed by atoms with Crippen LogP contribution in [0.3, 0.4) is 0 Å². The molecule has 4 N–H and O–H groups in total. The summed E-state index contributed by atoms with van der Waals surface area (Å²) in [5.74, 6) is -0.591. The number of aromatic amines is 1. The topological polar surface area (TPSA) is 122 Å². The number of primary amides is 1. The van der Waals surface area contributed by atoms with Gasteiger partial charge in [0.05, 0.1) is 5.69 Å². The molecule has 0 aliphatic carbocycles. The molecule has 0 unspecified atom stereocenters. The van der Waals surface area contributed by atoms with Crippen LogP contribution in [0.5, 0.6) is 0 Å². The van der Waals surface area contributed by atoms with Gasteiger partial charge in [0.15, 0.2) is 4.21 Å². The van der Waals surface area contributed by atoms with Crippen LogP contribution in [0.4, 0.5) is 5.69 Å². The number of anilines is 1. The Morgan fingerprint density at radius 3 is 2.48 bits per heavy atom. The summed E-state index contributed by atoms with van der Waals surface area (Å²) in [6.07, 6.45) is 0. The number of benzene rings is 1. The van der Waals surface area contributed by atoms with Crippen molar-refractivity contribution >= 4 is 33.0 Å². The Balaban J connectivity index is 2.40. The zero-order valence-electron chi connectivity index (χ0n) is 11.3. The summed E-state index contributed by atoms with van der Waals surface area (Å²) >= 11 is 0.619. The van der Waals surface area contributed by atoms with Crippen LogP contribution in [-0.4, -0.2) is 19.3 Å². The fraction of sp³-hybridized carbons (Fsp3) is 0.167. The first kappa shape index (κ1) is 15.3. The fourth-order valence-corrected chi connectivity index (χ4v) is 4.20. The molecule has 0 radical (unpaired) electrons. The van der Waals surface area contributed by atoms with Crippen LogP contribution >= 0.6 is 11.3 Å². The molecule has 1 amide bonds. The summed E-state index contributed by atoms with van der Waals surface area (Å²) in [5.41, 5.74) is 6.60. The highest BCUT2D eigenvalue weighted by Crippen LogP contribution is 2.23. The maximum atomic E-state index is 12.3. The van der Waals surface area contributed by atoms with Crippen molar-refractivity contribution in [2.24, 2.45) is 5.73 Å². The Kier molecular flexibility index (Phi) is 3.88. The normalized spacial score (nSPS) is 11.3. The van der Waals surface area contributed by atoms with E-state index in [9.17, 15) is 18.0 Å². The monoisotopic (exact) mass is 327 g/mol. The lowest BCUT2D eigenvalue weighted by Gasteiger charge is -2.10. The molecular formula is C12H13N3O4S2. The highest BCUT2D eigenvalue weighted by Gasteiger charge is 2.21. The lowest BCUT2D eigenvalue weighted by molar-refractivity contribution is 0.1000. The highest BCUT2D eigenvalue weighted by molar-refractivity contribution is 7.94. The van der Waals surface area contributed by atoms with Crippen molar-refractivity contribution in [3.63, 3.8) is 0 Å². The van der Waals surface area contributed by atoms with Gasteiger partial charge in [-0.2, -0.15) is 0 Å². The van der Waals surface area contributed by atoms with Crippen molar-refractivity contribution in [2.75, 3.05) is 4.72 Å². The molecule has 0 spiro atoms. The zero-order chi connectivity index (χ0) is 15.8. The van der Waals surface area contributed by atoms with E-state index in [1.165, 1.54) is 25.1 Å². The molecular weight excluding hydrogens is 314 g/mol. The van der Waals surface area contributed by atoms with E-state index >= 15 is 0 Å². The summed E-state index contributed by atoms with van der Waals surface area (Å²) in [4.78, 5) is 24.3. The number of nitrogens with two attached hydrogens (primary N) is 1. The first-order chi connectivity index (χ1) is 9.70. The number of nitrogens with one attached hydrogen (secondary N) is 2. The molecule has 1 aromatic heterocycles. The van der Waals surface area contributed by atoms with Gasteiger partial charge >= 0.3 is 4.87 Å². The predicted octanol–water partition coefficient (Wildman–Crippen LogP) is 0.953. The maximum Gasteiger partial charge on any atom is 0.306 e. The Bertz CT molecular complexity index is 865. The van der Waals surface area contributed by atoms with Crippen LogP contribution in [0.25, 0.3) is 0 Å². The van der Waals surface area contributed by atoms with Gasteiger partial charge in [0, 0.05) is 11.3 Å². The molecule has 0 bridgehead atoms. The van der Waals surface area contributed by atoms with Gasteiger partial charge in [0.2, 0.25) is 5.91 Å². The third-order valence-corrected chi connectivity index (χ3v) is 5.75. The summed E-state index contributed by atoms with van der Waals surface area (Å²) in [6, 6.07) is 4.38. The molecule has 0 saturated heterocycles. The van der Waals surface area contributed by atoms with Gasteiger partial charge in [-0.3, -0.25) is 14.3 Å². The minimum absolute atomic E-state index is 0.0640. The van der Waals surface area contributed by atoms with Gasteiger partial charge in [0.1, 0.15) is 0 Å². The number of thiazole rings is 1. The second-order valence-corrected chi connectivity index (χ2v) is 7.29. The first-order valence-corrected chi connectivity index (χ1v) is 8.13. The zero-order valence-corrected chi connectivity index (χ0v) is 12.9. The summed E-state index contributed by atoms with van der Waals surface area (Å²) in [5, 5.41) is 0. The van der Waals surface area contributed by atoms with E-state index in [1.54, 1.807) is 6.92 Å². The molecule has 0 atom stereocenters. The molecule has 112 valence electrons. The van der Waals surface area contributed by atoms with Gasteiger partial charge in [-0.05, 0) is 37.6 Å². The van der Waals surface area contributed by atoms with Crippen LogP contribution in [0, 0.1) is 13.8 Å². The number of hydrogen-bond acceptors (Lipinski definition) is 5. The summed E-state index contributed by atoms with van der Waals surface area (Å²) in [7, 11) is -3.86. The van der Waals surface area contributed by atoms with Crippen molar-refractivity contribution in [1.82, 2.24) is 4.98 Å². The van der Waals surface area contributed by atoms with Gasteiger partial charge in [-0.25, -0.2) is 8.42 Å². The number of H-pyrrole nitrogens is 1. The second kappa shape index (κ2) is 5.34. The molecule has 0 aliphatic rings. The van der Waals surface area contributed by atoms with Gasteiger partial charge < -0.3 is 10.7 Å². The number of rotatable bonds is 4. The standard InChI is InChI=1S/C12H13N3O4S2/c1-6-5-8(10(13)16)3-4-9(6)15-21(18,19)11-7(2)14-12(17)20-11/h3-5,15H,1-2H3,(H2,13,16)(H,14,17). The minimum atomic E-state index is -3.86. The Morgan fingerprint density at radius 2 is 2.00 bits per heavy atom. The van der Waals surface area contributed by atoms with Gasteiger partial charge in [0.25, 0.3) is 10.0 Å². The van der Waals surface area contributed by atoms with Crippen molar-refractivity contribution in [1.29, 1.82) is 0 Å². The van der Waals surface area contributed by atoms with E-state index < -0.39 is 20.8 Å². The molecule has 0 saturated carbocycles. The number of aryl methyl sites for hydroxylation is 2. The minimum Gasteiger partial charge on any atom is -0.366 e. The summed E-state index contributed by atoms with van der Waals surface area (Å²) in [6.45, 7) is 3.16. The SMILES string of the molecule is Cc1cc(C(N)=O)ccc1NS(=O)(=O)c1sc(=O)[nH]c1C. The smallest absolute Gasteiger partial charge is 0.306 e. The molecule has 1 aromatic carbocycles. The number of hydrogen-bond donors (Lipinski definition) is 3. The number of carbonyl (C=O) groups is 1. The van der Waals surface area contributed by atoms with Crippen LogP contribution in [0.15, 0.2) is 27.2 Å². The Morgan fingerprint density at radius 1 is 1.33 bits per heavy atom. The molecule has 7 nitrogen and oxygen atoms in total. The third kappa shape index (κ3) is 3.14. The molecule has 21 heavy (non-hydrogen) atoms. The molecule has 2 aromatic rings. The maximum absolute atomic E-state index is 12.3. The van der Waals surface area contributed by atoms with Crippen LogP contribution < -0.4 is 15.3 Å². The molecule has 9 heteroatoms. The van der Waals surface area contributed by atoms with Crippen molar-refractivity contribution in [2.45, 2.75) is 18.1 Å². The average molecular weight is 327 g/mol. The number of carbonyl (C=O) groups excluding carboxylic acids is 1. The van der Waals surface area contributed by atoms with E-state index in [-0.39, 0.29) is 15.5 Å². The third-order valence-electron chi connectivity index (χ3n) is 2.78. The van der Waals surface area contributed by atoms with E-state index in [1.807, 2.05) is 0 Å². The predicted molar refractivity (Wildman–Crippen MR) is 80.2 cm³/mol. The quantitative estimate of drug-likeness (QED) is 0.774. The van der Waals surface area contributed by atoms with Crippen LogP contribution in [-0.2, 0) is 10.0 Å². The number of aromatic nitrogens is 1. The summed E-state index contributed by atoms with van der Waals surface area (Å²) < 4.78 is 26.8.